The Kier molecular flexibility index (Phi) is 3.70. The normalized spacial score (nSPS) is 22.6. The molecule has 1 saturated heterocycles. The molecule has 17 heavy (non-hydrogen) atoms. The number of hydrogen-bond acceptors (Lipinski definition) is 3. The molecule has 0 N–H and O–H groups in total. The fraction of sp³-hybridized carbons (Fsp3) is 0.545. The summed E-state index contributed by atoms with van der Waals surface area (Å²) in [7, 11) is -3.42. The summed E-state index contributed by atoms with van der Waals surface area (Å²) in [5.74, 6) is 0. The molecule has 94 valence electrons. The molecular formula is C11H15ClN2O2S. The quantitative estimate of drug-likeness (QED) is 0.778. The fourth-order valence-corrected chi connectivity index (χ4v) is 3.84. The number of rotatable bonds is 2. The second kappa shape index (κ2) is 4.92. The van der Waals surface area contributed by atoms with Crippen molar-refractivity contribution in [1.29, 1.82) is 0 Å². The molecule has 1 aliphatic rings. The monoisotopic (exact) mass is 274 g/mol. The zero-order chi connectivity index (χ0) is 12.5. The van der Waals surface area contributed by atoms with Crippen molar-refractivity contribution in [3.05, 3.63) is 23.5 Å². The van der Waals surface area contributed by atoms with Gasteiger partial charge < -0.3 is 0 Å². The Morgan fingerprint density at radius 3 is 2.76 bits per heavy atom. The predicted molar refractivity (Wildman–Crippen MR) is 66.5 cm³/mol. The Labute approximate surface area is 107 Å². The van der Waals surface area contributed by atoms with Gasteiger partial charge in [0.2, 0.25) is 10.0 Å². The lowest BCUT2D eigenvalue weighted by molar-refractivity contribution is 0.268. The van der Waals surface area contributed by atoms with E-state index < -0.39 is 10.0 Å². The summed E-state index contributed by atoms with van der Waals surface area (Å²) in [6.45, 7) is 2.53. The van der Waals surface area contributed by atoms with Gasteiger partial charge in [0.25, 0.3) is 0 Å². The molecule has 6 heteroatoms. The van der Waals surface area contributed by atoms with E-state index in [0.29, 0.717) is 11.7 Å². The molecule has 1 aromatic rings. The number of halogens is 1. The molecule has 1 fully saturated rings. The van der Waals surface area contributed by atoms with Crippen LogP contribution in [0.25, 0.3) is 0 Å². The maximum Gasteiger partial charge on any atom is 0.244 e. The standard InChI is InChI=1S/C11H15ClN2O2S/c1-9-4-2-3-7-14(9)17(15,16)10-5-6-11(12)13-8-10/h5-6,8-9H,2-4,7H2,1H3. The van der Waals surface area contributed by atoms with Gasteiger partial charge in [-0.15, -0.1) is 0 Å². The van der Waals surface area contributed by atoms with Crippen molar-refractivity contribution in [3.8, 4) is 0 Å². The van der Waals surface area contributed by atoms with Crippen LogP contribution in [-0.4, -0.2) is 30.3 Å². The molecule has 0 spiro atoms. The van der Waals surface area contributed by atoms with E-state index in [4.69, 9.17) is 11.6 Å². The first-order valence-corrected chi connectivity index (χ1v) is 7.47. The Bertz CT molecular complexity index is 487. The maximum atomic E-state index is 12.4. The summed E-state index contributed by atoms with van der Waals surface area (Å²) >= 11 is 5.66. The van der Waals surface area contributed by atoms with E-state index in [-0.39, 0.29) is 10.9 Å². The average molecular weight is 275 g/mol. The lowest BCUT2D eigenvalue weighted by Crippen LogP contribution is -2.41. The first-order valence-electron chi connectivity index (χ1n) is 5.65. The van der Waals surface area contributed by atoms with E-state index in [1.54, 1.807) is 4.31 Å². The second-order valence-electron chi connectivity index (χ2n) is 4.28. The van der Waals surface area contributed by atoms with E-state index in [1.165, 1.54) is 18.3 Å². The minimum absolute atomic E-state index is 0.0597. The van der Waals surface area contributed by atoms with Crippen molar-refractivity contribution in [2.75, 3.05) is 6.54 Å². The molecule has 0 radical (unpaired) electrons. The van der Waals surface area contributed by atoms with Gasteiger partial charge in [0.05, 0.1) is 0 Å². The first-order chi connectivity index (χ1) is 8.01. The highest BCUT2D eigenvalue weighted by Crippen LogP contribution is 2.24. The number of hydrogen-bond donors (Lipinski definition) is 0. The van der Waals surface area contributed by atoms with Gasteiger partial charge in [0.1, 0.15) is 10.0 Å². The van der Waals surface area contributed by atoms with Gasteiger partial charge in [-0.05, 0) is 31.9 Å². The van der Waals surface area contributed by atoms with Gasteiger partial charge in [0.15, 0.2) is 0 Å². The molecule has 4 nitrogen and oxygen atoms in total. The molecule has 2 heterocycles. The summed E-state index contributed by atoms with van der Waals surface area (Å²) in [5, 5.41) is 0.302. The summed E-state index contributed by atoms with van der Waals surface area (Å²) in [5.41, 5.74) is 0. The fourth-order valence-electron chi connectivity index (χ4n) is 2.08. The zero-order valence-electron chi connectivity index (χ0n) is 9.63. The van der Waals surface area contributed by atoms with E-state index in [2.05, 4.69) is 4.98 Å². The van der Waals surface area contributed by atoms with Crippen LogP contribution in [0.1, 0.15) is 26.2 Å². The largest absolute Gasteiger partial charge is 0.244 e. The van der Waals surface area contributed by atoms with Crippen LogP contribution in [0, 0.1) is 0 Å². The van der Waals surface area contributed by atoms with Crippen molar-refractivity contribution in [2.24, 2.45) is 0 Å². The van der Waals surface area contributed by atoms with Gasteiger partial charge in [-0.1, -0.05) is 18.0 Å². The van der Waals surface area contributed by atoms with E-state index in [0.717, 1.165) is 19.3 Å². The van der Waals surface area contributed by atoms with Crippen molar-refractivity contribution in [3.63, 3.8) is 0 Å². The molecule has 2 rings (SSSR count). The topological polar surface area (TPSA) is 50.3 Å². The molecule has 0 amide bonds. The predicted octanol–water partition coefficient (Wildman–Crippen LogP) is 2.30. The highest BCUT2D eigenvalue weighted by atomic mass is 35.5. The third-order valence-corrected chi connectivity index (χ3v) is 5.27. The third kappa shape index (κ3) is 2.61. The van der Waals surface area contributed by atoms with Crippen LogP contribution in [0.2, 0.25) is 5.15 Å². The molecule has 1 atom stereocenters. The molecule has 1 aromatic heterocycles. The van der Waals surface area contributed by atoms with E-state index in [9.17, 15) is 8.42 Å². The number of nitrogens with zero attached hydrogens (tertiary/aromatic N) is 2. The lowest BCUT2D eigenvalue weighted by atomic mass is 10.1. The molecule has 0 aromatic carbocycles. The SMILES string of the molecule is CC1CCCCN1S(=O)(=O)c1ccc(Cl)nc1. The van der Waals surface area contributed by atoms with Crippen LogP contribution in [0.15, 0.2) is 23.2 Å². The number of pyridine rings is 1. The lowest BCUT2D eigenvalue weighted by Gasteiger charge is -2.32. The van der Waals surface area contributed by atoms with Crippen LogP contribution in [0.3, 0.4) is 0 Å². The Balaban J connectivity index is 2.32. The Hall–Kier alpha value is -0.650. The van der Waals surface area contributed by atoms with Gasteiger partial charge in [-0.2, -0.15) is 4.31 Å². The van der Waals surface area contributed by atoms with Gasteiger partial charge >= 0.3 is 0 Å². The average Bonchev–Trinajstić information content (AvgIpc) is 2.30. The van der Waals surface area contributed by atoms with Crippen LogP contribution in [0.5, 0.6) is 0 Å². The smallest absolute Gasteiger partial charge is 0.243 e. The molecule has 0 saturated carbocycles. The maximum absolute atomic E-state index is 12.4. The van der Waals surface area contributed by atoms with Crippen LogP contribution in [-0.2, 0) is 10.0 Å². The van der Waals surface area contributed by atoms with Gasteiger partial charge in [-0.3, -0.25) is 0 Å². The molecule has 0 bridgehead atoms. The van der Waals surface area contributed by atoms with E-state index in [1.807, 2.05) is 6.92 Å². The summed E-state index contributed by atoms with van der Waals surface area (Å²) < 4.78 is 26.3. The van der Waals surface area contributed by atoms with Crippen molar-refractivity contribution in [1.82, 2.24) is 9.29 Å². The number of sulfonamides is 1. The van der Waals surface area contributed by atoms with Crippen LogP contribution < -0.4 is 0 Å². The number of aromatic nitrogens is 1. The van der Waals surface area contributed by atoms with Gasteiger partial charge in [0, 0.05) is 18.8 Å². The summed E-state index contributed by atoms with van der Waals surface area (Å²) in [6.07, 6.45) is 4.25. The molecular weight excluding hydrogens is 260 g/mol. The van der Waals surface area contributed by atoms with Crippen LogP contribution in [0.4, 0.5) is 0 Å². The van der Waals surface area contributed by atoms with Crippen molar-refractivity contribution >= 4 is 21.6 Å². The molecule has 1 unspecified atom stereocenters. The second-order valence-corrected chi connectivity index (χ2v) is 6.55. The Morgan fingerprint density at radius 1 is 1.41 bits per heavy atom. The number of piperidine rings is 1. The molecule has 1 aliphatic heterocycles. The minimum atomic E-state index is -3.42. The highest BCUT2D eigenvalue weighted by Gasteiger charge is 2.30. The highest BCUT2D eigenvalue weighted by molar-refractivity contribution is 7.89. The first kappa shape index (κ1) is 12.8. The summed E-state index contributed by atoms with van der Waals surface area (Å²) in [4.78, 5) is 4.04. The van der Waals surface area contributed by atoms with E-state index >= 15 is 0 Å². The zero-order valence-corrected chi connectivity index (χ0v) is 11.2. The van der Waals surface area contributed by atoms with Crippen molar-refractivity contribution in [2.45, 2.75) is 37.1 Å². The van der Waals surface area contributed by atoms with Crippen LogP contribution >= 0.6 is 11.6 Å². The van der Waals surface area contributed by atoms with Gasteiger partial charge in [-0.25, -0.2) is 13.4 Å². The molecule has 0 aliphatic carbocycles. The third-order valence-electron chi connectivity index (χ3n) is 3.05. The Morgan fingerprint density at radius 2 is 2.18 bits per heavy atom. The minimum Gasteiger partial charge on any atom is -0.243 e. The summed E-state index contributed by atoms with van der Waals surface area (Å²) in [6, 6.07) is 3.07. The van der Waals surface area contributed by atoms with Crippen molar-refractivity contribution < 1.29 is 8.42 Å².